The molecule has 20 heavy (non-hydrogen) atoms. The average Bonchev–Trinajstić information content (AvgIpc) is 2.82. The molecule has 3 rings (SSSR count). The largest absolute Gasteiger partial charge is 0.270 e. The number of hydrogen-bond acceptors (Lipinski definition) is 2. The first-order valence-corrected chi connectivity index (χ1v) is 7.96. The van der Waals surface area contributed by atoms with Crippen LogP contribution >= 0.6 is 35.4 Å². The van der Waals surface area contributed by atoms with Gasteiger partial charge < -0.3 is 0 Å². The van der Waals surface area contributed by atoms with Gasteiger partial charge in [-0.3, -0.25) is 9.67 Å². The Balaban J connectivity index is 2.08. The van der Waals surface area contributed by atoms with Gasteiger partial charge in [0.2, 0.25) is 0 Å². The number of nitrogens with one attached hydrogen (secondary N) is 1. The van der Waals surface area contributed by atoms with E-state index in [4.69, 9.17) is 35.4 Å². The highest BCUT2D eigenvalue weighted by Gasteiger charge is 2.22. The quantitative estimate of drug-likeness (QED) is 0.761. The summed E-state index contributed by atoms with van der Waals surface area (Å²) in [7, 11) is 0. The lowest BCUT2D eigenvalue weighted by Crippen LogP contribution is -2.11. The Labute approximate surface area is 132 Å². The number of nitrogens with zero attached hydrogens (tertiary/aromatic N) is 2. The summed E-state index contributed by atoms with van der Waals surface area (Å²) in [5.74, 6) is 1.43. The first-order chi connectivity index (χ1) is 9.66. The lowest BCUT2D eigenvalue weighted by Gasteiger charge is -2.21. The maximum atomic E-state index is 6.31. The predicted octanol–water partition coefficient (Wildman–Crippen LogP) is 5.28. The summed E-state index contributed by atoms with van der Waals surface area (Å²) in [4.78, 5) is 0. The van der Waals surface area contributed by atoms with Gasteiger partial charge in [0, 0.05) is 10.9 Å². The Kier molecular flexibility index (Phi) is 4.15. The molecule has 0 bridgehead atoms. The molecule has 0 atom stereocenters. The molecule has 1 saturated carbocycles. The molecule has 0 amide bonds. The van der Waals surface area contributed by atoms with Gasteiger partial charge in [0.1, 0.15) is 5.82 Å². The second-order valence-electron chi connectivity index (χ2n) is 5.15. The highest BCUT2D eigenvalue weighted by atomic mass is 35.5. The van der Waals surface area contributed by atoms with E-state index in [0.29, 0.717) is 20.7 Å². The predicted molar refractivity (Wildman–Crippen MR) is 84.6 cm³/mol. The summed E-state index contributed by atoms with van der Waals surface area (Å²) < 4.78 is 2.53. The van der Waals surface area contributed by atoms with Crippen molar-refractivity contribution in [2.24, 2.45) is 0 Å². The van der Waals surface area contributed by atoms with Crippen LogP contribution in [0, 0.1) is 4.77 Å². The van der Waals surface area contributed by atoms with Crippen molar-refractivity contribution in [3.8, 4) is 5.69 Å². The van der Waals surface area contributed by atoms with E-state index in [1.54, 1.807) is 6.07 Å². The molecule has 0 aliphatic heterocycles. The van der Waals surface area contributed by atoms with Crippen molar-refractivity contribution in [2.45, 2.75) is 38.0 Å². The Morgan fingerprint density at radius 1 is 1.20 bits per heavy atom. The molecule has 0 saturated heterocycles. The molecule has 1 aliphatic rings. The average molecular weight is 328 g/mol. The topological polar surface area (TPSA) is 33.6 Å². The summed E-state index contributed by atoms with van der Waals surface area (Å²) in [6, 6.07) is 5.45. The van der Waals surface area contributed by atoms with Crippen molar-refractivity contribution >= 4 is 35.4 Å². The van der Waals surface area contributed by atoms with Crippen LogP contribution in [0.15, 0.2) is 18.2 Å². The molecule has 6 heteroatoms. The molecule has 0 spiro atoms. The van der Waals surface area contributed by atoms with Crippen LogP contribution in [0.5, 0.6) is 0 Å². The van der Waals surface area contributed by atoms with E-state index >= 15 is 0 Å². The van der Waals surface area contributed by atoms with Gasteiger partial charge in [0.15, 0.2) is 4.77 Å². The molecule has 0 unspecified atom stereocenters. The van der Waals surface area contributed by atoms with Crippen LogP contribution in [-0.4, -0.2) is 14.8 Å². The van der Waals surface area contributed by atoms with Gasteiger partial charge in [-0.15, -0.1) is 0 Å². The Morgan fingerprint density at radius 3 is 2.65 bits per heavy atom. The SMILES string of the molecule is S=c1[nH]nc(C2CCCCC2)n1-c1ccc(Cl)cc1Cl. The van der Waals surface area contributed by atoms with E-state index in [2.05, 4.69) is 10.2 Å². The van der Waals surface area contributed by atoms with Gasteiger partial charge in [0.25, 0.3) is 0 Å². The smallest absolute Gasteiger partial charge is 0.199 e. The summed E-state index contributed by atoms with van der Waals surface area (Å²) in [6.07, 6.45) is 6.12. The molecule has 1 heterocycles. The zero-order valence-electron chi connectivity index (χ0n) is 10.9. The zero-order valence-corrected chi connectivity index (χ0v) is 13.2. The number of aromatic amines is 1. The van der Waals surface area contributed by atoms with Crippen LogP contribution < -0.4 is 0 Å². The lowest BCUT2D eigenvalue weighted by molar-refractivity contribution is 0.424. The van der Waals surface area contributed by atoms with E-state index in [9.17, 15) is 0 Å². The van der Waals surface area contributed by atoms with Gasteiger partial charge in [-0.25, -0.2) is 0 Å². The number of aromatic nitrogens is 3. The molecule has 106 valence electrons. The highest BCUT2D eigenvalue weighted by Crippen LogP contribution is 2.34. The van der Waals surface area contributed by atoms with Crippen molar-refractivity contribution in [1.82, 2.24) is 14.8 Å². The van der Waals surface area contributed by atoms with Crippen molar-refractivity contribution in [2.75, 3.05) is 0 Å². The van der Waals surface area contributed by atoms with Crippen LogP contribution in [0.2, 0.25) is 10.0 Å². The third-order valence-corrected chi connectivity index (χ3v) is 4.63. The number of halogens is 2. The van der Waals surface area contributed by atoms with Crippen LogP contribution in [0.3, 0.4) is 0 Å². The second kappa shape index (κ2) is 5.88. The van der Waals surface area contributed by atoms with Crippen molar-refractivity contribution in [3.05, 3.63) is 38.8 Å². The van der Waals surface area contributed by atoms with Gasteiger partial charge in [-0.2, -0.15) is 5.10 Å². The number of H-pyrrole nitrogens is 1. The van der Waals surface area contributed by atoms with E-state index in [1.807, 2.05) is 16.7 Å². The number of benzene rings is 1. The third-order valence-electron chi connectivity index (χ3n) is 3.82. The number of rotatable bonds is 2. The molecule has 0 radical (unpaired) electrons. The summed E-state index contributed by atoms with van der Waals surface area (Å²) >= 11 is 17.6. The van der Waals surface area contributed by atoms with Crippen molar-refractivity contribution in [1.29, 1.82) is 0 Å². The molecule has 2 aromatic rings. The fourth-order valence-corrected chi connectivity index (χ4v) is 3.57. The van der Waals surface area contributed by atoms with Crippen molar-refractivity contribution in [3.63, 3.8) is 0 Å². The Morgan fingerprint density at radius 2 is 1.95 bits per heavy atom. The summed E-state index contributed by atoms with van der Waals surface area (Å²) in [5, 5.41) is 8.54. The Bertz CT molecular complexity index is 671. The molecular formula is C14H15Cl2N3S. The first kappa shape index (κ1) is 14.1. The van der Waals surface area contributed by atoms with Crippen LogP contribution in [0.25, 0.3) is 5.69 Å². The van der Waals surface area contributed by atoms with E-state index in [0.717, 1.165) is 24.4 Å². The van der Waals surface area contributed by atoms with Crippen molar-refractivity contribution < 1.29 is 0 Å². The maximum absolute atomic E-state index is 6.31. The van der Waals surface area contributed by atoms with Gasteiger partial charge >= 0.3 is 0 Å². The highest BCUT2D eigenvalue weighted by molar-refractivity contribution is 7.71. The normalized spacial score (nSPS) is 16.5. The molecule has 3 nitrogen and oxygen atoms in total. The maximum Gasteiger partial charge on any atom is 0.199 e. The molecule has 1 aliphatic carbocycles. The summed E-state index contributed by atoms with van der Waals surface area (Å²) in [5.41, 5.74) is 0.843. The summed E-state index contributed by atoms with van der Waals surface area (Å²) in [6.45, 7) is 0. The van der Waals surface area contributed by atoms with Crippen LogP contribution in [-0.2, 0) is 0 Å². The standard InChI is InChI=1S/C14H15Cl2N3S/c15-10-6-7-12(11(16)8-10)19-13(17-18-14(19)20)9-4-2-1-3-5-9/h6-9H,1-5H2,(H,18,20). The minimum absolute atomic E-state index is 0.448. The van der Waals surface area contributed by atoms with Gasteiger partial charge in [-0.05, 0) is 43.3 Å². The molecule has 1 N–H and O–H groups in total. The minimum atomic E-state index is 0.448. The van der Waals surface area contributed by atoms with E-state index in [1.165, 1.54) is 19.3 Å². The molecule has 1 aromatic carbocycles. The minimum Gasteiger partial charge on any atom is -0.270 e. The fourth-order valence-electron chi connectivity index (χ4n) is 2.84. The third kappa shape index (κ3) is 2.65. The first-order valence-electron chi connectivity index (χ1n) is 6.79. The molecule has 1 fully saturated rings. The zero-order chi connectivity index (χ0) is 14.1. The van der Waals surface area contributed by atoms with E-state index in [-0.39, 0.29) is 0 Å². The fraction of sp³-hybridized carbons (Fsp3) is 0.429. The van der Waals surface area contributed by atoms with Gasteiger partial charge in [-0.1, -0.05) is 42.5 Å². The lowest BCUT2D eigenvalue weighted by atomic mass is 9.88. The Hall–Kier alpha value is -0.840. The van der Waals surface area contributed by atoms with Crippen LogP contribution in [0.1, 0.15) is 43.8 Å². The van der Waals surface area contributed by atoms with Gasteiger partial charge in [0.05, 0.1) is 10.7 Å². The van der Waals surface area contributed by atoms with Crippen LogP contribution in [0.4, 0.5) is 0 Å². The number of hydrogen-bond donors (Lipinski definition) is 1. The van der Waals surface area contributed by atoms with E-state index < -0.39 is 0 Å². The molecule has 1 aromatic heterocycles. The monoisotopic (exact) mass is 327 g/mol. The molecular weight excluding hydrogens is 313 g/mol. The second-order valence-corrected chi connectivity index (χ2v) is 6.38.